The summed E-state index contributed by atoms with van der Waals surface area (Å²) in [7, 11) is 0. The highest BCUT2D eigenvalue weighted by atomic mass is 15.3. The molecule has 0 N–H and O–H groups in total. The van der Waals surface area contributed by atoms with Gasteiger partial charge in [0.05, 0.1) is 6.17 Å². The van der Waals surface area contributed by atoms with Gasteiger partial charge in [0.25, 0.3) is 0 Å². The molecule has 1 atom stereocenters. The average Bonchev–Trinajstić information content (AvgIpc) is 2.45. The van der Waals surface area contributed by atoms with Crippen LogP contribution in [0.1, 0.15) is 79.6 Å². The third-order valence-corrected chi connectivity index (χ3v) is 4.82. The number of nitrogens with zero attached hydrogens (tertiary/aromatic N) is 2. The van der Waals surface area contributed by atoms with Gasteiger partial charge in [-0.3, -0.25) is 9.80 Å². The van der Waals surface area contributed by atoms with Gasteiger partial charge in [-0.05, 0) is 76.5 Å². The highest BCUT2D eigenvalue weighted by molar-refractivity contribution is 4.76. The van der Waals surface area contributed by atoms with E-state index in [0.717, 1.165) is 11.8 Å². The Balaban J connectivity index is 2.56. The highest BCUT2D eigenvalue weighted by Crippen LogP contribution is 2.19. The van der Waals surface area contributed by atoms with Crippen molar-refractivity contribution in [3.05, 3.63) is 0 Å². The molecule has 1 heterocycles. The third kappa shape index (κ3) is 7.65. The first-order chi connectivity index (χ1) is 10.0. The fourth-order valence-electron chi connectivity index (χ4n) is 3.50. The first-order valence-corrected chi connectivity index (χ1v) is 9.52. The van der Waals surface area contributed by atoms with Crippen LogP contribution in [0.3, 0.4) is 0 Å². The van der Waals surface area contributed by atoms with Crippen LogP contribution in [0, 0.1) is 11.8 Å². The second-order valence-electron chi connectivity index (χ2n) is 7.74. The second-order valence-corrected chi connectivity index (χ2v) is 7.74. The van der Waals surface area contributed by atoms with Crippen molar-refractivity contribution in [1.82, 2.24) is 9.80 Å². The molecule has 0 bridgehead atoms. The Labute approximate surface area is 134 Å². The zero-order chi connectivity index (χ0) is 15.7. The van der Waals surface area contributed by atoms with Gasteiger partial charge in [0.2, 0.25) is 0 Å². The second kappa shape index (κ2) is 10.6. The van der Waals surface area contributed by atoms with Crippen LogP contribution in [0.4, 0.5) is 0 Å². The van der Waals surface area contributed by atoms with E-state index in [1.165, 1.54) is 71.1 Å². The van der Waals surface area contributed by atoms with Crippen LogP contribution in [0.25, 0.3) is 0 Å². The van der Waals surface area contributed by atoms with E-state index in [1.54, 1.807) is 0 Å². The van der Waals surface area contributed by atoms with Gasteiger partial charge in [0, 0.05) is 0 Å². The Bertz CT molecular complexity index is 244. The summed E-state index contributed by atoms with van der Waals surface area (Å²) in [6.07, 6.45) is 10.3. The molecule has 1 aliphatic heterocycles. The molecule has 0 aromatic heterocycles. The van der Waals surface area contributed by atoms with E-state index in [-0.39, 0.29) is 0 Å². The minimum atomic E-state index is 0.691. The molecule has 0 amide bonds. The molecule has 0 saturated carbocycles. The molecule has 1 aliphatic rings. The maximum absolute atomic E-state index is 2.80. The van der Waals surface area contributed by atoms with Crippen molar-refractivity contribution in [3.63, 3.8) is 0 Å². The molecule has 126 valence electrons. The maximum Gasteiger partial charge on any atom is 0.0619 e. The van der Waals surface area contributed by atoms with Gasteiger partial charge in [0.15, 0.2) is 0 Å². The molecule has 0 aromatic carbocycles. The van der Waals surface area contributed by atoms with Crippen molar-refractivity contribution in [2.24, 2.45) is 11.8 Å². The lowest BCUT2D eigenvalue weighted by atomic mass is 10.1. The molecule has 1 fully saturated rings. The van der Waals surface area contributed by atoms with Gasteiger partial charge in [-0.15, -0.1) is 0 Å². The SMILES string of the molecule is CCC(N1CCCCC1)N(CCCC(C)C)CCC(C)C. The lowest BCUT2D eigenvalue weighted by Gasteiger charge is -2.41. The standard InChI is InChI=1S/C19H40N2/c1-6-19(20-13-8-7-9-14-20)21(16-12-18(4)5)15-10-11-17(2)3/h17-19H,6-16H2,1-5H3. The Morgan fingerprint density at radius 2 is 1.48 bits per heavy atom. The molecule has 21 heavy (non-hydrogen) atoms. The number of rotatable bonds is 10. The highest BCUT2D eigenvalue weighted by Gasteiger charge is 2.24. The molecular formula is C19H40N2. The van der Waals surface area contributed by atoms with Crippen LogP contribution in [-0.2, 0) is 0 Å². The summed E-state index contributed by atoms with van der Waals surface area (Å²) in [4.78, 5) is 5.56. The van der Waals surface area contributed by atoms with Crippen LogP contribution < -0.4 is 0 Å². The summed E-state index contributed by atoms with van der Waals surface area (Å²) in [5.41, 5.74) is 0. The summed E-state index contributed by atoms with van der Waals surface area (Å²) in [5.74, 6) is 1.66. The first-order valence-electron chi connectivity index (χ1n) is 9.52. The third-order valence-electron chi connectivity index (χ3n) is 4.82. The molecule has 2 nitrogen and oxygen atoms in total. The van der Waals surface area contributed by atoms with E-state index in [4.69, 9.17) is 0 Å². The number of hydrogen-bond donors (Lipinski definition) is 0. The fourth-order valence-corrected chi connectivity index (χ4v) is 3.50. The summed E-state index contributed by atoms with van der Waals surface area (Å²) < 4.78 is 0. The molecule has 1 rings (SSSR count). The van der Waals surface area contributed by atoms with Gasteiger partial charge >= 0.3 is 0 Å². The molecule has 0 radical (unpaired) electrons. The van der Waals surface area contributed by atoms with E-state index in [2.05, 4.69) is 44.4 Å². The summed E-state index contributed by atoms with van der Waals surface area (Å²) in [6.45, 7) is 17.0. The minimum Gasteiger partial charge on any atom is -0.288 e. The van der Waals surface area contributed by atoms with Crippen molar-refractivity contribution < 1.29 is 0 Å². The van der Waals surface area contributed by atoms with Gasteiger partial charge in [-0.2, -0.15) is 0 Å². The van der Waals surface area contributed by atoms with Gasteiger partial charge in [0.1, 0.15) is 0 Å². The summed E-state index contributed by atoms with van der Waals surface area (Å²) in [6, 6.07) is 0. The summed E-state index contributed by atoms with van der Waals surface area (Å²) >= 11 is 0. The number of piperidine rings is 1. The van der Waals surface area contributed by atoms with Crippen LogP contribution in [0.2, 0.25) is 0 Å². The average molecular weight is 297 g/mol. The predicted octanol–water partition coefficient (Wildman–Crippen LogP) is 4.99. The Hall–Kier alpha value is -0.0800. The monoisotopic (exact) mass is 296 g/mol. The quantitative estimate of drug-likeness (QED) is 0.560. The van der Waals surface area contributed by atoms with E-state index in [0.29, 0.717) is 6.17 Å². The van der Waals surface area contributed by atoms with E-state index < -0.39 is 0 Å². The van der Waals surface area contributed by atoms with Crippen LogP contribution >= 0.6 is 0 Å². The normalized spacial score (nSPS) is 18.9. The van der Waals surface area contributed by atoms with Gasteiger partial charge in [-0.1, -0.05) is 41.0 Å². The molecule has 1 saturated heterocycles. The zero-order valence-electron chi connectivity index (χ0n) is 15.4. The van der Waals surface area contributed by atoms with Crippen LogP contribution in [0.5, 0.6) is 0 Å². The van der Waals surface area contributed by atoms with Crippen LogP contribution in [0.15, 0.2) is 0 Å². The largest absolute Gasteiger partial charge is 0.288 e. The van der Waals surface area contributed by atoms with Crippen molar-refractivity contribution in [2.75, 3.05) is 26.2 Å². The molecule has 2 heteroatoms. The molecule has 0 aromatic rings. The fraction of sp³-hybridized carbons (Fsp3) is 1.00. The lowest BCUT2D eigenvalue weighted by Crippen LogP contribution is -2.50. The van der Waals surface area contributed by atoms with Crippen molar-refractivity contribution in [3.8, 4) is 0 Å². The number of likely N-dealkylation sites (tertiary alicyclic amines) is 1. The predicted molar refractivity (Wildman–Crippen MR) is 94.6 cm³/mol. The number of hydrogen-bond acceptors (Lipinski definition) is 2. The van der Waals surface area contributed by atoms with Crippen LogP contribution in [-0.4, -0.2) is 42.1 Å². The molecular weight excluding hydrogens is 256 g/mol. The Morgan fingerprint density at radius 1 is 0.857 bits per heavy atom. The molecule has 1 unspecified atom stereocenters. The van der Waals surface area contributed by atoms with Crippen molar-refractivity contribution in [1.29, 1.82) is 0 Å². The zero-order valence-corrected chi connectivity index (χ0v) is 15.4. The van der Waals surface area contributed by atoms with E-state index >= 15 is 0 Å². The van der Waals surface area contributed by atoms with Crippen molar-refractivity contribution >= 4 is 0 Å². The van der Waals surface area contributed by atoms with Gasteiger partial charge < -0.3 is 0 Å². The smallest absolute Gasteiger partial charge is 0.0619 e. The lowest BCUT2D eigenvalue weighted by molar-refractivity contribution is 0.0217. The molecule has 0 aliphatic carbocycles. The molecule has 0 spiro atoms. The Kier molecular flexibility index (Phi) is 9.59. The van der Waals surface area contributed by atoms with E-state index in [9.17, 15) is 0 Å². The Morgan fingerprint density at radius 3 is 2.00 bits per heavy atom. The van der Waals surface area contributed by atoms with Gasteiger partial charge in [-0.25, -0.2) is 0 Å². The minimum absolute atomic E-state index is 0.691. The topological polar surface area (TPSA) is 6.48 Å². The maximum atomic E-state index is 2.80. The first kappa shape index (κ1) is 19.0. The summed E-state index contributed by atoms with van der Waals surface area (Å²) in [5, 5.41) is 0. The van der Waals surface area contributed by atoms with Crippen molar-refractivity contribution in [2.45, 2.75) is 85.7 Å². The van der Waals surface area contributed by atoms with E-state index in [1.807, 2.05) is 0 Å².